The van der Waals surface area contributed by atoms with Crippen LogP contribution in [-0.2, 0) is 4.79 Å². The van der Waals surface area contributed by atoms with Crippen LogP contribution in [-0.4, -0.2) is 45.7 Å². The first-order chi connectivity index (χ1) is 12.7. The number of nitrogens with one attached hydrogen (secondary N) is 2. The van der Waals surface area contributed by atoms with E-state index >= 15 is 0 Å². The molecule has 1 amide bonds. The van der Waals surface area contributed by atoms with Crippen molar-refractivity contribution in [3.05, 3.63) is 53.0 Å². The molecule has 6 heteroatoms. The number of ether oxygens (including phenoxy) is 1. The summed E-state index contributed by atoms with van der Waals surface area (Å²) in [7, 11) is 1.71. The van der Waals surface area contributed by atoms with E-state index in [2.05, 4.69) is 32.2 Å². The van der Waals surface area contributed by atoms with E-state index in [1.807, 2.05) is 42.5 Å². The molecule has 1 heterocycles. The van der Waals surface area contributed by atoms with Crippen LogP contribution in [0.15, 0.2) is 53.0 Å². The summed E-state index contributed by atoms with van der Waals surface area (Å²) in [5.74, 6) is 0.997. The predicted molar refractivity (Wildman–Crippen MR) is 108 cm³/mol. The van der Waals surface area contributed by atoms with Crippen molar-refractivity contribution in [3.8, 4) is 5.75 Å². The number of amides is 1. The Morgan fingerprint density at radius 3 is 2.54 bits per heavy atom. The van der Waals surface area contributed by atoms with E-state index in [9.17, 15) is 4.79 Å². The maximum absolute atomic E-state index is 12.1. The van der Waals surface area contributed by atoms with Crippen LogP contribution in [0.3, 0.4) is 0 Å². The topological polar surface area (TPSA) is 46.0 Å². The van der Waals surface area contributed by atoms with Gasteiger partial charge in [-0.25, -0.2) is 0 Å². The van der Waals surface area contributed by atoms with Crippen LogP contribution in [0.5, 0.6) is 5.75 Å². The number of carbonyl (C=O) groups is 1. The fourth-order valence-electron chi connectivity index (χ4n) is 3.25. The maximum Gasteiger partial charge on any atom is 0.230 e. The van der Waals surface area contributed by atoms with E-state index in [0.717, 1.165) is 54.3 Å². The Hall–Kier alpha value is -2.05. The van der Waals surface area contributed by atoms with Gasteiger partial charge >= 0.3 is 0 Å². The number of hydrogen-bond acceptors (Lipinski definition) is 3. The first-order valence-corrected chi connectivity index (χ1v) is 9.72. The third kappa shape index (κ3) is 4.99. The van der Waals surface area contributed by atoms with E-state index in [1.165, 1.54) is 4.90 Å². The van der Waals surface area contributed by atoms with Gasteiger partial charge < -0.3 is 19.9 Å². The largest absolute Gasteiger partial charge is 0.495 e. The van der Waals surface area contributed by atoms with Crippen molar-refractivity contribution < 1.29 is 14.4 Å². The lowest BCUT2D eigenvalue weighted by atomic mass is 10.2. The molecule has 5 nitrogen and oxygen atoms in total. The van der Waals surface area contributed by atoms with Crippen LogP contribution in [0.2, 0.25) is 0 Å². The molecule has 0 aliphatic carbocycles. The van der Waals surface area contributed by atoms with Crippen LogP contribution < -0.4 is 19.9 Å². The Balaban J connectivity index is 1.44. The number of carbonyl (C=O) groups excluding carboxylic acids is 1. The van der Waals surface area contributed by atoms with Gasteiger partial charge in [0.05, 0.1) is 51.9 Å². The van der Waals surface area contributed by atoms with Gasteiger partial charge in [-0.3, -0.25) is 4.79 Å². The van der Waals surface area contributed by atoms with Gasteiger partial charge in [0, 0.05) is 10.2 Å². The standard InChI is InChI=1S/C20H24BrN3O2/c1-26-19-5-3-2-4-18(19)24-14-12-23(13-15-24)11-10-20(25)22-17-8-6-16(21)7-9-17/h2-9H,10-15H2,1H3,(H,22,25)/p+1. The fourth-order valence-corrected chi connectivity index (χ4v) is 3.52. The zero-order valence-corrected chi connectivity index (χ0v) is 16.6. The molecule has 0 saturated carbocycles. The van der Waals surface area contributed by atoms with Crippen molar-refractivity contribution in [2.75, 3.05) is 50.1 Å². The predicted octanol–water partition coefficient (Wildman–Crippen LogP) is 2.19. The number of benzene rings is 2. The molecule has 2 aromatic rings. The molecule has 0 spiro atoms. The van der Waals surface area contributed by atoms with E-state index in [0.29, 0.717) is 6.42 Å². The van der Waals surface area contributed by atoms with Gasteiger partial charge in [0.25, 0.3) is 0 Å². The van der Waals surface area contributed by atoms with Crippen LogP contribution in [0.4, 0.5) is 11.4 Å². The van der Waals surface area contributed by atoms with Crippen molar-refractivity contribution in [1.29, 1.82) is 0 Å². The highest BCUT2D eigenvalue weighted by Gasteiger charge is 2.22. The third-order valence-electron chi connectivity index (χ3n) is 4.73. The minimum absolute atomic E-state index is 0.0759. The number of halogens is 1. The zero-order valence-electron chi connectivity index (χ0n) is 15.0. The molecule has 0 atom stereocenters. The number of rotatable bonds is 6. The minimum Gasteiger partial charge on any atom is -0.495 e. The smallest absolute Gasteiger partial charge is 0.230 e. The number of para-hydroxylation sites is 2. The number of nitrogens with zero attached hydrogens (tertiary/aromatic N) is 1. The highest BCUT2D eigenvalue weighted by Crippen LogP contribution is 2.27. The second-order valence-electron chi connectivity index (χ2n) is 6.46. The van der Waals surface area contributed by atoms with Gasteiger partial charge in [0.15, 0.2) is 0 Å². The molecule has 138 valence electrons. The Bertz CT molecular complexity index is 728. The van der Waals surface area contributed by atoms with Gasteiger partial charge in [0.2, 0.25) is 5.91 Å². The SMILES string of the molecule is COc1ccccc1N1CC[NH+](CCC(=O)Nc2ccc(Br)cc2)CC1. The first-order valence-electron chi connectivity index (χ1n) is 8.92. The molecular formula is C20H25BrN3O2+. The zero-order chi connectivity index (χ0) is 18.4. The van der Waals surface area contributed by atoms with E-state index < -0.39 is 0 Å². The van der Waals surface area contributed by atoms with Crippen molar-refractivity contribution in [3.63, 3.8) is 0 Å². The molecule has 1 aliphatic rings. The molecule has 0 radical (unpaired) electrons. The van der Waals surface area contributed by atoms with Crippen LogP contribution in [0.25, 0.3) is 0 Å². The monoisotopic (exact) mass is 418 g/mol. The Kier molecular flexibility index (Phi) is 6.52. The van der Waals surface area contributed by atoms with Crippen molar-refractivity contribution in [1.82, 2.24) is 0 Å². The Morgan fingerprint density at radius 2 is 1.85 bits per heavy atom. The summed E-state index contributed by atoms with van der Waals surface area (Å²) in [4.78, 5) is 16.0. The molecule has 0 unspecified atom stereocenters. The summed E-state index contributed by atoms with van der Waals surface area (Å²) in [5, 5.41) is 2.96. The lowest BCUT2D eigenvalue weighted by Gasteiger charge is -2.34. The van der Waals surface area contributed by atoms with Crippen molar-refractivity contribution in [2.45, 2.75) is 6.42 Å². The van der Waals surface area contributed by atoms with Crippen molar-refractivity contribution >= 4 is 33.2 Å². The van der Waals surface area contributed by atoms with Gasteiger partial charge in [0.1, 0.15) is 5.75 Å². The van der Waals surface area contributed by atoms with E-state index in [-0.39, 0.29) is 5.91 Å². The summed E-state index contributed by atoms with van der Waals surface area (Å²) in [6.07, 6.45) is 0.542. The molecule has 0 aromatic heterocycles. The lowest BCUT2D eigenvalue weighted by Crippen LogP contribution is -3.15. The van der Waals surface area contributed by atoms with Crippen molar-refractivity contribution in [2.24, 2.45) is 0 Å². The van der Waals surface area contributed by atoms with Gasteiger partial charge in [-0.1, -0.05) is 28.1 Å². The number of methoxy groups -OCH3 is 1. The number of piperazine rings is 1. The second-order valence-corrected chi connectivity index (χ2v) is 7.38. The quantitative estimate of drug-likeness (QED) is 0.755. The highest BCUT2D eigenvalue weighted by molar-refractivity contribution is 9.10. The fraction of sp³-hybridized carbons (Fsp3) is 0.350. The molecule has 3 rings (SSSR count). The summed E-state index contributed by atoms with van der Waals surface area (Å²) < 4.78 is 6.47. The summed E-state index contributed by atoms with van der Waals surface area (Å²) >= 11 is 3.40. The molecule has 2 aromatic carbocycles. The van der Waals surface area contributed by atoms with Gasteiger partial charge in [-0.15, -0.1) is 0 Å². The molecule has 26 heavy (non-hydrogen) atoms. The summed E-state index contributed by atoms with van der Waals surface area (Å²) in [6.45, 7) is 4.88. The van der Waals surface area contributed by atoms with Crippen LogP contribution in [0.1, 0.15) is 6.42 Å². The lowest BCUT2D eigenvalue weighted by molar-refractivity contribution is -0.900. The average Bonchev–Trinajstić information content (AvgIpc) is 2.68. The third-order valence-corrected chi connectivity index (χ3v) is 5.26. The molecule has 0 bridgehead atoms. The van der Waals surface area contributed by atoms with E-state index in [4.69, 9.17) is 4.74 Å². The Morgan fingerprint density at radius 1 is 1.15 bits per heavy atom. The molecule has 1 saturated heterocycles. The summed E-state index contributed by atoms with van der Waals surface area (Å²) in [5.41, 5.74) is 2.00. The minimum atomic E-state index is 0.0759. The second kappa shape index (κ2) is 9.05. The molecule has 1 aliphatic heterocycles. The molecule has 2 N–H and O–H groups in total. The van der Waals surface area contributed by atoms with Crippen LogP contribution >= 0.6 is 15.9 Å². The van der Waals surface area contributed by atoms with Gasteiger partial charge in [-0.2, -0.15) is 0 Å². The highest BCUT2D eigenvalue weighted by atomic mass is 79.9. The Labute approximate surface area is 163 Å². The normalized spacial score (nSPS) is 14.9. The number of hydrogen-bond donors (Lipinski definition) is 2. The summed E-state index contributed by atoms with van der Waals surface area (Å²) in [6, 6.07) is 15.8. The number of anilines is 2. The first kappa shape index (κ1) is 18.7. The van der Waals surface area contributed by atoms with E-state index in [1.54, 1.807) is 7.11 Å². The van der Waals surface area contributed by atoms with Gasteiger partial charge in [-0.05, 0) is 36.4 Å². The van der Waals surface area contributed by atoms with Crippen LogP contribution in [0, 0.1) is 0 Å². The average molecular weight is 419 g/mol. The molecular weight excluding hydrogens is 394 g/mol. The number of quaternary nitrogens is 1. The molecule has 1 fully saturated rings. The maximum atomic E-state index is 12.1.